The predicted octanol–water partition coefficient (Wildman–Crippen LogP) is 4.60. The molecular weight excluding hydrogens is 592 g/mol. The van der Waals surface area contributed by atoms with Crippen molar-refractivity contribution in [2.45, 2.75) is 30.6 Å². The number of hydrogen-bond acceptors (Lipinski definition) is 7. The molecule has 3 heterocycles. The highest BCUT2D eigenvalue weighted by Gasteiger charge is 2.73. The van der Waals surface area contributed by atoms with Crippen LogP contribution in [-0.2, 0) is 23.9 Å². The topological polar surface area (TPSA) is 113 Å². The molecule has 1 N–H and O–H groups in total. The summed E-state index contributed by atoms with van der Waals surface area (Å²) in [6, 6.07) is 10.6. The summed E-state index contributed by atoms with van der Waals surface area (Å²) in [5, 5.41) is 8.02. The van der Waals surface area contributed by atoms with Crippen LogP contribution in [0.2, 0.25) is 10.0 Å². The first kappa shape index (κ1) is 30.6. The van der Waals surface area contributed by atoms with Crippen LogP contribution in [0, 0.1) is 11.8 Å². The number of carboxylic acid groups (broad SMARTS) is 1. The highest BCUT2D eigenvalue weighted by atomic mass is 35.5. The minimum Gasteiger partial charge on any atom is -0.496 e. The zero-order valence-corrected chi connectivity index (χ0v) is 23.5. The number of likely N-dealkylation sites (tertiary alicyclic amines) is 1. The number of rotatable bonds is 4. The van der Waals surface area contributed by atoms with E-state index in [1.165, 1.54) is 14.2 Å². The summed E-state index contributed by atoms with van der Waals surface area (Å²) in [6.45, 7) is 0.591. The normalized spacial score (nSPS) is 25.4. The molecule has 0 aromatic heterocycles. The first-order chi connectivity index (χ1) is 19.2. The third kappa shape index (κ3) is 5.02. The maximum atomic E-state index is 13.2. The maximum Gasteiger partial charge on any atom is 0.490 e. The highest BCUT2D eigenvalue weighted by Crippen LogP contribution is 2.59. The number of benzene rings is 2. The van der Waals surface area contributed by atoms with E-state index >= 15 is 0 Å². The molecule has 3 unspecified atom stereocenters. The fraction of sp³-hybridized carbons (Fsp3) is 0.407. The van der Waals surface area contributed by atoms with Crippen LogP contribution in [0.15, 0.2) is 36.4 Å². The molecule has 3 aliphatic heterocycles. The molecule has 0 bridgehead atoms. The number of carbonyl (C=O) groups excluding carboxylic acids is 3. The number of carbonyl (C=O) groups is 4. The van der Waals surface area contributed by atoms with Crippen LogP contribution in [0.4, 0.5) is 13.2 Å². The zero-order valence-electron chi connectivity index (χ0n) is 22.0. The Labute approximate surface area is 242 Å². The maximum absolute atomic E-state index is 13.2. The van der Waals surface area contributed by atoms with Gasteiger partial charge in [-0.2, -0.15) is 13.2 Å². The van der Waals surface area contributed by atoms with Crippen LogP contribution in [0.25, 0.3) is 11.1 Å². The minimum atomic E-state index is -5.08. The molecule has 0 aliphatic carbocycles. The number of nitrogens with zero attached hydrogens (tertiary/aromatic N) is 2. The molecular formula is C27H25Cl2F3N2O7. The quantitative estimate of drug-likeness (QED) is 0.392. The number of esters is 1. The first-order valence-electron chi connectivity index (χ1n) is 12.3. The molecule has 4 atom stereocenters. The molecule has 9 nitrogen and oxygen atoms in total. The van der Waals surface area contributed by atoms with Crippen molar-refractivity contribution in [2.24, 2.45) is 11.8 Å². The Morgan fingerprint density at radius 3 is 2.27 bits per heavy atom. The van der Waals surface area contributed by atoms with Crippen LogP contribution < -0.4 is 4.74 Å². The van der Waals surface area contributed by atoms with Gasteiger partial charge in [0.2, 0.25) is 11.8 Å². The Bertz CT molecular complexity index is 1420. The molecule has 2 aromatic rings. The second-order valence-corrected chi connectivity index (χ2v) is 10.6. The summed E-state index contributed by atoms with van der Waals surface area (Å²) < 4.78 is 42.6. The largest absolute Gasteiger partial charge is 0.496 e. The van der Waals surface area contributed by atoms with Crippen molar-refractivity contribution >= 4 is 47.0 Å². The van der Waals surface area contributed by atoms with Crippen molar-refractivity contribution in [3.05, 3.63) is 52.0 Å². The number of imide groups is 1. The lowest BCUT2D eigenvalue weighted by Crippen LogP contribution is -2.54. The first-order valence-corrected chi connectivity index (χ1v) is 13.1. The summed E-state index contributed by atoms with van der Waals surface area (Å²) in [5.41, 5.74) is 1.31. The van der Waals surface area contributed by atoms with Crippen molar-refractivity contribution in [3.63, 3.8) is 0 Å². The molecule has 2 aromatic carbocycles. The minimum absolute atomic E-state index is 0.273. The van der Waals surface area contributed by atoms with E-state index in [2.05, 4.69) is 0 Å². The summed E-state index contributed by atoms with van der Waals surface area (Å²) in [7, 11) is 4.39. The van der Waals surface area contributed by atoms with E-state index in [9.17, 15) is 27.6 Å². The van der Waals surface area contributed by atoms with Crippen molar-refractivity contribution in [1.82, 2.24) is 9.80 Å². The average Bonchev–Trinajstić information content (AvgIpc) is 3.55. The number of methoxy groups -OCH3 is 2. The van der Waals surface area contributed by atoms with Crippen LogP contribution in [-0.4, -0.2) is 78.2 Å². The van der Waals surface area contributed by atoms with E-state index in [1.54, 1.807) is 19.2 Å². The highest BCUT2D eigenvalue weighted by molar-refractivity contribution is 6.42. The number of hydrogen-bond donors (Lipinski definition) is 1. The Hall–Kier alpha value is -3.35. The van der Waals surface area contributed by atoms with Crippen molar-refractivity contribution in [2.75, 3.05) is 27.8 Å². The third-order valence-electron chi connectivity index (χ3n) is 7.81. The fourth-order valence-corrected chi connectivity index (χ4v) is 6.44. The average molecular weight is 617 g/mol. The molecule has 3 saturated heterocycles. The standard InChI is InChI=1S/C25H24Cl2N2O5.C2HF3O2/c1-28-22(30)19-20(23(28)31)25(24(32)34-3)9-4-10-29(25)21(19)14-5-7-15(18(12-14)33-2)13-6-8-16(26)17(27)11-13;3-2(4,5)1(6)7/h5-8,11-12,19-21H,4,9-10H2,1-3H3;(H,6,7)/t19?,20?,21?,25-;/m0./s1. The second kappa shape index (κ2) is 11.1. The van der Waals surface area contributed by atoms with Gasteiger partial charge < -0.3 is 14.6 Å². The lowest BCUT2D eigenvalue weighted by molar-refractivity contribution is -0.192. The van der Waals surface area contributed by atoms with E-state index in [0.29, 0.717) is 28.8 Å². The smallest absolute Gasteiger partial charge is 0.490 e. The van der Waals surface area contributed by atoms with Gasteiger partial charge in [0.1, 0.15) is 11.3 Å². The van der Waals surface area contributed by atoms with E-state index < -0.39 is 41.5 Å². The van der Waals surface area contributed by atoms with Gasteiger partial charge in [-0.3, -0.25) is 24.2 Å². The summed E-state index contributed by atoms with van der Waals surface area (Å²) in [6.07, 6.45) is -3.87. The lowest BCUT2D eigenvalue weighted by atomic mass is 9.77. The molecule has 5 rings (SSSR count). The number of halogens is 5. The van der Waals surface area contributed by atoms with Crippen LogP contribution in [0.5, 0.6) is 5.75 Å². The van der Waals surface area contributed by atoms with Crippen molar-refractivity contribution in [3.8, 4) is 16.9 Å². The lowest BCUT2D eigenvalue weighted by Gasteiger charge is -2.35. The molecule has 220 valence electrons. The van der Waals surface area contributed by atoms with Gasteiger partial charge in [-0.25, -0.2) is 4.79 Å². The van der Waals surface area contributed by atoms with Gasteiger partial charge in [-0.15, -0.1) is 0 Å². The number of aliphatic carboxylic acids is 1. The number of alkyl halides is 3. The van der Waals surface area contributed by atoms with E-state index in [4.69, 9.17) is 42.6 Å². The van der Waals surface area contributed by atoms with Crippen LogP contribution in [0.1, 0.15) is 24.4 Å². The molecule has 41 heavy (non-hydrogen) atoms. The van der Waals surface area contributed by atoms with Gasteiger partial charge in [-0.1, -0.05) is 41.4 Å². The van der Waals surface area contributed by atoms with Gasteiger partial charge in [-0.05, 0) is 48.7 Å². The van der Waals surface area contributed by atoms with Crippen molar-refractivity contribution < 1.29 is 46.9 Å². The van der Waals surface area contributed by atoms with E-state index in [-0.39, 0.29) is 11.8 Å². The monoisotopic (exact) mass is 616 g/mol. The number of amides is 2. The molecule has 3 aliphatic rings. The Kier molecular flexibility index (Phi) is 8.32. The third-order valence-corrected chi connectivity index (χ3v) is 8.55. The number of carboxylic acids is 1. The van der Waals surface area contributed by atoms with Gasteiger partial charge in [0, 0.05) is 18.7 Å². The molecule has 14 heteroatoms. The fourth-order valence-electron chi connectivity index (χ4n) is 6.14. The van der Waals surface area contributed by atoms with Gasteiger partial charge in [0.15, 0.2) is 0 Å². The molecule has 2 amide bonds. The Balaban J connectivity index is 0.000000493. The summed E-state index contributed by atoms with van der Waals surface area (Å²) in [4.78, 5) is 51.6. The summed E-state index contributed by atoms with van der Waals surface area (Å²) in [5.74, 6) is -4.67. The van der Waals surface area contributed by atoms with Gasteiger partial charge in [0.25, 0.3) is 0 Å². The number of fused-ring (bicyclic) bond motifs is 3. The predicted molar refractivity (Wildman–Crippen MR) is 140 cm³/mol. The molecule has 0 radical (unpaired) electrons. The van der Waals surface area contributed by atoms with Crippen LogP contribution in [0.3, 0.4) is 0 Å². The SMILES string of the molecule is COC(=O)[C@@]12CCCN1C(c1ccc(-c3ccc(Cl)c(Cl)c3)c(OC)c1)C1C(=O)N(C)C(=O)C12.O=C(O)C(F)(F)F. The Morgan fingerprint density at radius 1 is 1.05 bits per heavy atom. The molecule has 0 spiro atoms. The summed E-state index contributed by atoms with van der Waals surface area (Å²) >= 11 is 12.3. The zero-order chi connectivity index (χ0) is 30.4. The number of ether oxygens (including phenoxy) is 2. The second-order valence-electron chi connectivity index (χ2n) is 9.79. The molecule has 0 saturated carbocycles. The van der Waals surface area contributed by atoms with Gasteiger partial charge >= 0.3 is 18.1 Å². The Morgan fingerprint density at radius 2 is 1.71 bits per heavy atom. The molecule has 3 fully saturated rings. The van der Waals surface area contributed by atoms with Gasteiger partial charge in [0.05, 0.1) is 36.1 Å². The van der Waals surface area contributed by atoms with Crippen LogP contribution >= 0.6 is 23.2 Å². The van der Waals surface area contributed by atoms with Crippen molar-refractivity contribution in [1.29, 1.82) is 0 Å². The van der Waals surface area contributed by atoms with E-state index in [1.807, 2.05) is 29.2 Å². The van der Waals surface area contributed by atoms with E-state index in [0.717, 1.165) is 28.0 Å².